The molecule has 0 aliphatic carbocycles. The zero-order valence-electron chi connectivity index (χ0n) is 8.88. The van der Waals surface area contributed by atoms with Crippen molar-refractivity contribution in [3.63, 3.8) is 0 Å². The number of aryl methyl sites for hydroxylation is 1. The van der Waals surface area contributed by atoms with Crippen molar-refractivity contribution in [2.24, 2.45) is 12.0 Å². The van der Waals surface area contributed by atoms with Gasteiger partial charge in [0.2, 0.25) is 0 Å². The van der Waals surface area contributed by atoms with Gasteiger partial charge in [-0.2, -0.15) is 6.20 Å². The molecule has 0 fully saturated rings. The molecule has 68 valence electrons. The SMILES string of the molecule is CC.CN=c1[nH]c(=O)[c-]cn1C.[Rb+]. The van der Waals surface area contributed by atoms with E-state index < -0.39 is 0 Å². The third-order valence-electron chi connectivity index (χ3n) is 1.16. The zero-order valence-corrected chi connectivity index (χ0v) is 13.8. The van der Waals surface area contributed by atoms with Gasteiger partial charge in [-0.15, -0.1) is 0 Å². The van der Waals surface area contributed by atoms with Crippen LogP contribution in [0.2, 0.25) is 0 Å². The molecule has 0 unspecified atom stereocenters. The van der Waals surface area contributed by atoms with Crippen molar-refractivity contribution in [1.82, 2.24) is 9.55 Å². The first-order valence-electron chi connectivity index (χ1n) is 3.84. The molecule has 0 spiro atoms. The van der Waals surface area contributed by atoms with Crippen molar-refractivity contribution in [2.45, 2.75) is 13.8 Å². The average Bonchev–Trinajstić information content (AvgIpc) is 2.13. The van der Waals surface area contributed by atoms with E-state index in [2.05, 4.69) is 16.0 Å². The third-order valence-corrected chi connectivity index (χ3v) is 1.16. The Morgan fingerprint density at radius 3 is 2.46 bits per heavy atom. The topological polar surface area (TPSA) is 50.1 Å². The van der Waals surface area contributed by atoms with Gasteiger partial charge >= 0.3 is 58.2 Å². The minimum absolute atomic E-state index is 0. The molecule has 0 aromatic carbocycles. The molecule has 0 aliphatic rings. The van der Waals surface area contributed by atoms with Crippen LogP contribution >= 0.6 is 0 Å². The molecular weight excluding hydrogens is 240 g/mol. The van der Waals surface area contributed by atoms with Crippen LogP contribution in [0.5, 0.6) is 0 Å². The molecule has 13 heavy (non-hydrogen) atoms. The molecule has 0 radical (unpaired) electrons. The fraction of sp³-hybridized carbons (Fsp3) is 0.500. The van der Waals surface area contributed by atoms with Crippen LogP contribution in [-0.4, -0.2) is 16.6 Å². The molecule has 0 saturated carbocycles. The van der Waals surface area contributed by atoms with Gasteiger partial charge in [-0.25, -0.2) is 0 Å². The largest absolute Gasteiger partial charge is 1.00 e. The van der Waals surface area contributed by atoms with Crippen molar-refractivity contribution >= 4 is 0 Å². The Morgan fingerprint density at radius 1 is 1.54 bits per heavy atom. The molecule has 5 heteroatoms. The molecule has 1 heterocycles. The summed E-state index contributed by atoms with van der Waals surface area (Å²) in [7, 11) is 3.40. The minimum atomic E-state index is -0.251. The first-order chi connectivity index (χ1) is 5.74. The maximum absolute atomic E-state index is 10.6. The van der Waals surface area contributed by atoms with Gasteiger partial charge in [0.25, 0.3) is 0 Å². The predicted octanol–water partition coefficient (Wildman–Crippen LogP) is -2.93. The van der Waals surface area contributed by atoms with Crippen molar-refractivity contribution in [2.75, 3.05) is 7.05 Å². The monoisotopic (exact) mass is 253 g/mol. The number of hydrogen-bond donors (Lipinski definition) is 1. The molecule has 0 aliphatic heterocycles. The predicted molar refractivity (Wildman–Crippen MR) is 47.7 cm³/mol. The molecule has 1 N–H and O–H groups in total. The molecule has 1 aromatic heterocycles. The smallest absolute Gasteiger partial charge is 0.387 e. The summed E-state index contributed by atoms with van der Waals surface area (Å²) in [4.78, 5) is 16.9. The molecule has 0 amide bonds. The maximum atomic E-state index is 10.6. The zero-order chi connectivity index (χ0) is 9.56. The Kier molecular flexibility index (Phi) is 11.1. The van der Waals surface area contributed by atoms with Crippen molar-refractivity contribution in [3.05, 3.63) is 28.2 Å². The average molecular weight is 254 g/mol. The summed E-state index contributed by atoms with van der Waals surface area (Å²) in [6.07, 6.45) is 1.54. The Labute approximate surface area is 127 Å². The second kappa shape index (κ2) is 9.06. The third kappa shape index (κ3) is 5.72. The Balaban J connectivity index is 0. The number of aromatic nitrogens is 2. The van der Waals surface area contributed by atoms with E-state index in [-0.39, 0.29) is 63.7 Å². The number of H-pyrrole nitrogens is 1. The van der Waals surface area contributed by atoms with Gasteiger partial charge in [0.1, 0.15) is 0 Å². The summed E-state index contributed by atoms with van der Waals surface area (Å²) >= 11 is 0. The number of hydrogen-bond acceptors (Lipinski definition) is 2. The summed E-state index contributed by atoms with van der Waals surface area (Å²) in [6, 6.07) is 2.47. The van der Waals surface area contributed by atoms with Gasteiger partial charge in [0.05, 0.1) is 5.56 Å². The molecular formula is C8H14N3ORb. The van der Waals surface area contributed by atoms with Crippen LogP contribution < -0.4 is 69.4 Å². The van der Waals surface area contributed by atoms with Gasteiger partial charge in [0.15, 0.2) is 5.62 Å². The fourth-order valence-corrected chi connectivity index (χ4v) is 0.656. The van der Waals surface area contributed by atoms with Gasteiger partial charge in [-0.1, -0.05) is 13.8 Å². The Hall–Kier alpha value is 0.485. The Bertz CT molecular complexity index is 340. The summed E-state index contributed by atoms with van der Waals surface area (Å²) in [5.74, 6) is 0. The van der Waals surface area contributed by atoms with Gasteiger partial charge in [-0.05, 0) is 0 Å². The van der Waals surface area contributed by atoms with E-state index in [1.807, 2.05) is 13.8 Å². The summed E-state index contributed by atoms with van der Waals surface area (Å²) in [5, 5.41) is 0. The second-order valence-corrected chi connectivity index (χ2v) is 1.89. The molecule has 4 nitrogen and oxygen atoms in total. The number of nitrogens with zero attached hydrogens (tertiary/aromatic N) is 2. The number of aromatic amines is 1. The van der Waals surface area contributed by atoms with Crippen molar-refractivity contribution < 1.29 is 58.2 Å². The maximum Gasteiger partial charge on any atom is 1.00 e. The van der Waals surface area contributed by atoms with Crippen LogP contribution in [0.1, 0.15) is 13.8 Å². The van der Waals surface area contributed by atoms with Crippen LogP contribution in [0.3, 0.4) is 0 Å². The van der Waals surface area contributed by atoms with E-state index in [9.17, 15) is 4.79 Å². The molecule has 1 rings (SSSR count). The van der Waals surface area contributed by atoms with Crippen molar-refractivity contribution in [3.8, 4) is 0 Å². The van der Waals surface area contributed by atoms with E-state index in [0.717, 1.165) is 0 Å². The van der Waals surface area contributed by atoms with E-state index in [1.54, 1.807) is 24.9 Å². The van der Waals surface area contributed by atoms with Gasteiger partial charge in [-0.3, -0.25) is 4.99 Å². The normalized spacial score (nSPS) is 9.69. The summed E-state index contributed by atoms with van der Waals surface area (Å²) in [5.41, 5.74) is 0.294. The number of rotatable bonds is 0. The minimum Gasteiger partial charge on any atom is -0.387 e. The van der Waals surface area contributed by atoms with E-state index in [0.29, 0.717) is 5.62 Å². The molecule has 1 aromatic rings. The van der Waals surface area contributed by atoms with Gasteiger partial charge in [0, 0.05) is 14.1 Å². The summed E-state index contributed by atoms with van der Waals surface area (Å²) in [6.45, 7) is 4.00. The summed E-state index contributed by atoms with van der Waals surface area (Å²) < 4.78 is 1.68. The second-order valence-electron chi connectivity index (χ2n) is 1.89. The van der Waals surface area contributed by atoms with Gasteiger partial charge < -0.3 is 20.4 Å². The molecule has 0 saturated heterocycles. The Morgan fingerprint density at radius 2 is 2.08 bits per heavy atom. The van der Waals surface area contributed by atoms with Crippen molar-refractivity contribution in [1.29, 1.82) is 0 Å². The molecule has 0 atom stereocenters. The van der Waals surface area contributed by atoms with Crippen LogP contribution in [0.4, 0.5) is 0 Å². The first kappa shape index (κ1) is 15.9. The standard InChI is InChI=1S/C6H8N3O.C2H6.Rb/c1-7-6-8-5(10)3-4-9(6)2;1-2;/h4H,1-2H3,(H,7,8,10);1-2H3;/q-1;;+1. The van der Waals surface area contributed by atoms with E-state index >= 15 is 0 Å². The van der Waals surface area contributed by atoms with E-state index in [4.69, 9.17) is 0 Å². The van der Waals surface area contributed by atoms with Crippen LogP contribution in [0.25, 0.3) is 0 Å². The van der Waals surface area contributed by atoms with E-state index in [1.165, 1.54) is 0 Å². The van der Waals surface area contributed by atoms with Crippen LogP contribution in [0, 0.1) is 6.07 Å². The molecule has 0 bridgehead atoms. The fourth-order valence-electron chi connectivity index (χ4n) is 0.656. The van der Waals surface area contributed by atoms with Crippen LogP contribution in [0.15, 0.2) is 16.0 Å². The quantitative estimate of drug-likeness (QED) is 0.495. The van der Waals surface area contributed by atoms with Crippen LogP contribution in [-0.2, 0) is 7.05 Å². The first-order valence-corrected chi connectivity index (χ1v) is 3.84. The number of nitrogens with one attached hydrogen (secondary N) is 1.